The average molecular weight is 365 g/mol. The number of terminal acetylenes is 1. The Morgan fingerprint density at radius 1 is 1.33 bits per heavy atom. The van der Waals surface area contributed by atoms with Crippen molar-refractivity contribution in [3.63, 3.8) is 0 Å². The van der Waals surface area contributed by atoms with E-state index >= 15 is 0 Å². The van der Waals surface area contributed by atoms with Crippen LogP contribution in [0.15, 0.2) is 53.2 Å². The van der Waals surface area contributed by atoms with Crippen LogP contribution >= 0.6 is 0 Å². The van der Waals surface area contributed by atoms with Crippen LogP contribution in [0.1, 0.15) is 37.8 Å². The van der Waals surface area contributed by atoms with Gasteiger partial charge in [-0.15, -0.1) is 6.42 Å². The molecular formula is C22H23NO4. The first-order valence-corrected chi connectivity index (χ1v) is 8.71. The van der Waals surface area contributed by atoms with E-state index in [-0.39, 0.29) is 13.2 Å². The molecule has 1 aromatic carbocycles. The third-order valence-electron chi connectivity index (χ3n) is 4.33. The lowest BCUT2D eigenvalue weighted by Crippen LogP contribution is -2.36. The molecule has 0 radical (unpaired) electrons. The maximum Gasteiger partial charge on any atom is 0.336 e. The van der Waals surface area contributed by atoms with Crippen LogP contribution in [0.3, 0.4) is 0 Å². The van der Waals surface area contributed by atoms with Gasteiger partial charge in [0.2, 0.25) is 0 Å². The highest BCUT2D eigenvalue weighted by molar-refractivity contribution is 6.07. The van der Waals surface area contributed by atoms with Crippen molar-refractivity contribution in [1.29, 1.82) is 0 Å². The van der Waals surface area contributed by atoms with Crippen LogP contribution in [-0.4, -0.2) is 30.9 Å². The molecule has 0 spiro atoms. The summed E-state index contributed by atoms with van der Waals surface area (Å²) in [6, 6.07) is 7.22. The molecule has 1 aliphatic rings. The van der Waals surface area contributed by atoms with Gasteiger partial charge in [0.15, 0.2) is 0 Å². The smallest absolute Gasteiger partial charge is 0.336 e. The number of hydrogen-bond acceptors (Lipinski definition) is 5. The Balaban J connectivity index is 2.63. The maximum absolute atomic E-state index is 12.7. The number of aliphatic imine (C=N–C) groups is 1. The number of hydrogen-bond donors (Lipinski definition) is 0. The van der Waals surface area contributed by atoms with Crippen LogP contribution in [-0.2, 0) is 19.1 Å². The van der Waals surface area contributed by atoms with Gasteiger partial charge < -0.3 is 9.47 Å². The molecule has 0 aliphatic carbocycles. The van der Waals surface area contributed by atoms with E-state index < -0.39 is 23.8 Å². The van der Waals surface area contributed by atoms with Crippen LogP contribution in [0.2, 0.25) is 0 Å². The number of carbonyl (C=O) groups excluding carboxylic acids is 2. The van der Waals surface area contributed by atoms with Crippen LogP contribution in [0, 0.1) is 18.3 Å². The molecule has 5 heteroatoms. The van der Waals surface area contributed by atoms with E-state index in [1.54, 1.807) is 39.0 Å². The Morgan fingerprint density at radius 3 is 2.70 bits per heavy atom. The van der Waals surface area contributed by atoms with E-state index in [4.69, 9.17) is 15.9 Å². The lowest BCUT2D eigenvalue weighted by atomic mass is 9.75. The molecule has 2 unspecified atom stereocenters. The summed E-state index contributed by atoms with van der Waals surface area (Å²) in [5.74, 6) is 0.298. The summed E-state index contributed by atoms with van der Waals surface area (Å²) in [6.07, 6.45) is 7.01. The van der Waals surface area contributed by atoms with E-state index in [1.807, 2.05) is 6.07 Å². The minimum atomic E-state index is -0.729. The van der Waals surface area contributed by atoms with Gasteiger partial charge in [0.1, 0.15) is 12.5 Å². The lowest BCUT2D eigenvalue weighted by Gasteiger charge is -2.31. The largest absolute Gasteiger partial charge is 0.465 e. The van der Waals surface area contributed by atoms with Crippen LogP contribution in [0.5, 0.6) is 0 Å². The lowest BCUT2D eigenvalue weighted by molar-refractivity contribution is -0.146. The number of carbonyl (C=O) groups is 2. The van der Waals surface area contributed by atoms with Gasteiger partial charge in [-0.05, 0) is 38.5 Å². The van der Waals surface area contributed by atoms with E-state index in [0.717, 1.165) is 5.56 Å². The molecular weight excluding hydrogens is 342 g/mol. The first kappa shape index (κ1) is 20.2. The topological polar surface area (TPSA) is 65.0 Å². The van der Waals surface area contributed by atoms with E-state index in [1.165, 1.54) is 6.08 Å². The summed E-state index contributed by atoms with van der Waals surface area (Å²) in [4.78, 5) is 29.9. The fourth-order valence-corrected chi connectivity index (χ4v) is 3.23. The molecule has 5 nitrogen and oxygen atoms in total. The number of benzene rings is 1. The second-order valence-corrected chi connectivity index (χ2v) is 6.12. The summed E-state index contributed by atoms with van der Waals surface area (Å²) in [6.45, 7) is 9.09. The molecule has 140 valence electrons. The quantitative estimate of drug-likeness (QED) is 0.440. The zero-order valence-corrected chi connectivity index (χ0v) is 15.8. The zero-order chi connectivity index (χ0) is 20.0. The minimum absolute atomic E-state index is 0.0689. The van der Waals surface area contributed by atoms with Gasteiger partial charge in [-0.25, -0.2) is 4.79 Å². The van der Waals surface area contributed by atoms with Crippen molar-refractivity contribution in [2.75, 3.05) is 13.2 Å². The van der Waals surface area contributed by atoms with Crippen molar-refractivity contribution in [2.45, 2.75) is 26.7 Å². The SMILES string of the molecule is C#Cc1cccc(C2C(C(=O)OCC=C)=C(C)N=C(C)C2C(=O)OCC)c1. The second-order valence-electron chi connectivity index (χ2n) is 6.12. The number of allylic oxidation sites excluding steroid dienone is 1. The molecule has 0 bridgehead atoms. The third-order valence-corrected chi connectivity index (χ3v) is 4.33. The van der Waals surface area contributed by atoms with E-state index in [2.05, 4.69) is 17.5 Å². The first-order valence-electron chi connectivity index (χ1n) is 8.71. The highest BCUT2D eigenvalue weighted by Gasteiger charge is 2.42. The number of ether oxygens (including phenoxy) is 2. The summed E-state index contributed by atoms with van der Waals surface area (Å²) in [5, 5.41) is 0. The second kappa shape index (κ2) is 9.00. The van der Waals surface area contributed by atoms with Gasteiger partial charge in [0.05, 0.1) is 12.2 Å². The van der Waals surface area contributed by atoms with Crippen molar-refractivity contribution in [3.05, 3.63) is 59.3 Å². The van der Waals surface area contributed by atoms with Gasteiger partial charge in [-0.3, -0.25) is 9.79 Å². The van der Waals surface area contributed by atoms with E-state index in [0.29, 0.717) is 22.5 Å². The van der Waals surface area contributed by atoms with Crippen LogP contribution in [0.25, 0.3) is 0 Å². The maximum atomic E-state index is 12.7. The molecule has 2 rings (SSSR count). The predicted molar refractivity (Wildman–Crippen MR) is 104 cm³/mol. The average Bonchev–Trinajstić information content (AvgIpc) is 2.65. The molecule has 1 aromatic rings. The Labute approximate surface area is 159 Å². The predicted octanol–water partition coefficient (Wildman–Crippen LogP) is 3.41. The standard InChI is InChI=1S/C22H23NO4/c1-6-12-27-22(25)19-15(5)23-14(4)18(21(24)26-8-3)20(19)17-11-9-10-16(7-2)13-17/h2,6,9-11,13,18,20H,1,8,12H2,3-5H3. The summed E-state index contributed by atoms with van der Waals surface area (Å²) in [7, 11) is 0. The van der Waals surface area contributed by atoms with Gasteiger partial charge in [0, 0.05) is 22.9 Å². The van der Waals surface area contributed by atoms with Crippen LogP contribution < -0.4 is 0 Å². The van der Waals surface area contributed by atoms with Gasteiger partial charge in [-0.1, -0.05) is 30.7 Å². The fourth-order valence-electron chi connectivity index (χ4n) is 3.23. The van der Waals surface area contributed by atoms with Crippen molar-refractivity contribution < 1.29 is 19.1 Å². The van der Waals surface area contributed by atoms with Crippen molar-refractivity contribution >= 4 is 17.7 Å². The third kappa shape index (κ3) is 4.35. The van der Waals surface area contributed by atoms with E-state index in [9.17, 15) is 9.59 Å². The molecule has 0 saturated carbocycles. The molecule has 0 saturated heterocycles. The molecule has 0 aromatic heterocycles. The Kier molecular flexibility index (Phi) is 6.73. The molecule has 27 heavy (non-hydrogen) atoms. The van der Waals surface area contributed by atoms with Crippen molar-refractivity contribution in [1.82, 2.24) is 0 Å². The van der Waals surface area contributed by atoms with Crippen LogP contribution in [0.4, 0.5) is 0 Å². The first-order chi connectivity index (χ1) is 12.9. The van der Waals surface area contributed by atoms with Gasteiger partial charge in [0.25, 0.3) is 0 Å². The molecule has 2 atom stereocenters. The Hall–Kier alpha value is -3.13. The fraction of sp³-hybridized carbons (Fsp3) is 0.318. The summed E-state index contributed by atoms with van der Waals surface area (Å²) in [5.41, 5.74) is 2.82. The van der Waals surface area contributed by atoms with Gasteiger partial charge >= 0.3 is 11.9 Å². The normalized spacial score (nSPS) is 19.0. The number of rotatable bonds is 6. The molecule has 0 amide bonds. The minimum Gasteiger partial charge on any atom is -0.465 e. The Bertz CT molecular complexity index is 857. The van der Waals surface area contributed by atoms with Crippen molar-refractivity contribution in [2.24, 2.45) is 10.9 Å². The monoisotopic (exact) mass is 365 g/mol. The summed E-state index contributed by atoms with van der Waals surface area (Å²) >= 11 is 0. The molecule has 0 fully saturated rings. The highest BCUT2D eigenvalue weighted by Crippen LogP contribution is 2.40. The van der Waals surface area contributed by atoms with Gasteiger partial charge in [-0.2, -0.15) is 0 Å². The zero-order valence-electron chi connectivity index (χ0n) is 15.8. The van der Waals surface area contributed by atoms with Crippen molar-refractivity contribution in [3.8, 4) is 12.3 Å². The molecule has 0 N–H and O–H groups in total. The molecule has 1 heterocycles. The Morgan fingerprint density at radius 2 is 2.07 bits per heavy atom. The molecule has 1 aliphatic heterocycles. The highest BCUT2D eigenvalue weighted by atomic mass is 16.5. The number of esters is 2. The summed E-state index contributed by atoms with van der Waals surface area (Å²) < 4.78 is 10.5. The number of nitrogens with zero attached hydrogens (tertiary/aromatic N) is 1.